The molecule has 1 rings (SSSR count). The van der Waals surface area contributed by atoms with Gasteiger partial charge in [-0.1, -0.05) is 6.92 Å². The lowest BCUT2D eigenvalue weighted by Crippen LogP contribution is -2.46. The Kier molecular flexibility index (Phi) is 4.12. The Labute approximate surface area is 97.1 Å². The Hall–Kier alpha value is 0.260. The molecule has 0 atom stereocenters. The Bertz CT molecular complexity index is 307. The first kappa shape index (κ1) is 13.3. The molecule has 1 saturated carbocycles. The maximum absolute atomic E-state index is 12.0. The molecular weight excluding hydrogens is 230 g/mol. The topological polar surface area (TPSA) is 37.4 Å². The van der Waals surface area contributed by atoms with Gasteiger partial charge in [-0.2, -0.15) is 4.31 Å². The predicted molar refractivity (Wildman–Crippen MR) is 66.2 cm³/mol. The summed E-state index contributed by atoms with van der Waals surface area (Å²) in [4.78, 5) is 0. The molecule has 1 fully saturated rings. The van der Waals surface area contributed by atoms with Crippen molar-refractivity contribution >= 4 is 19.8 Å². The molecule has 1 aliphatic carbocycles. The largest absolute Gasteiger partial charge is 0.267 e. The molecule has 90 valence electrons. The normalized spacial score (nSPS) is 18.5. The van der Waals surface area contributed by atoms with E-state index in [2.05, 4.69) is 0 Å². The zero-order valence-electron chi connectivity index (χ0n) is 9.99. The molecule has 0 heterocycles. The van der Waals surface area contributed by atoms with Crippen LogP contribution >= 0.6 is 10.8 Å². The first-order valence-electron chi connectivity index (χ1n) is 5.42. The summed E-state index contributed by atoms with van der Waals surface area (Å²) in [5.41, 5.74) is -0.259. The fraction of sp³-hybridized carbons (Fsp3) is 1.00. The second-order valence-corrected chi connectivity index (χ2v) is 8.66. The Morgan fingerprint density at radius 1 is 1.40 bits per heavy atom. The fourth-order valence-corrected chi connectivity index (χ4v) is 4.08. The Morgan fingerprint density at radius 2 is 1.93 bits per heavy atom. The summed E-state index contributed by atoms with van der Waals surface area (Å²) in [7, 11) is -2.19. The van der Waals surface area contributed by atoms with Crippen molar-refractivity contribution in [1.82, 2.24) is 4.31 Å². The van der Waals surface area contributed by atoms with Crippen LogP contribution in [0.4, 0.5) is 0 Å². The number of rotatable bonds is 6. The van der Waals surface area contributed by atoms with Crippen molar-refractivity contribution in [2.45, 2.75) is 45.6 Å². The van der Waals surface area contributed by atoms with Gasteiger partial charge in [0.25, 0.3) is 9.06 Å². The third-order valence-corrected chi connectivity index (χ3v) is 6.55. The second kappa shape index (κ2) is 4.63. The van der Waals surface area contributed by atoms with Gasteiger partial charge in [0.2, 0.25) is 0 Å². The van der Waals surface area contributed by atoms with Gasteiger partial charge in [0.1, 0.15) is 0 Å². The van der Waals surface area contributed by atoms with Gasteiger partial charge >= 0.3 is 0 Å². The van der Waals surface area contributed by atoms with Gasteiger partial charge in [0.15, 0.2) is 0 Å². The van der Waals surface area contributed by atoms with E-state index in [1.807, 2.05) is 20.8 Å². The van der Waals surface area contributed by atoms with Gasteiger partial charge in [0.05, 0.1) is 0 Å². The Morgan fingerprint density at radius 3 is 2.27 bits per heavy atom. The van der Waals surface area contributed by atoms with Gasteiger partial charge < -0.3 is 0 Å². The molecule has 0 spiro atoms. The minimum absolute atomic E-state index is 0.259. The van der Waals surface area contributed by atoms with Crippen LogP contribution in [0.5, 0.6) is 0 Å². The van der Waals surface area contributed by atoms with Crippen LogP contribution in [-0.2, 0) is 9.06 Å². The highest BCUT2D eigenvalue weighted by atomic mass is 33.1. The molecule has 15 heavy (non-hydrogen) atoms. The summed E-state index contributed by atoms with van der Waals surface area (Å²) in [5.74, 6) is 0.595. The summed E-state index contributed by atoms with van der Waals surface area (Å²) >= 11 is 0. The number of hydrogen-bond acceptors (Lipinski definition) is 3. The van der Waals surface area contributed by atoms with Crippen LogP contribution in [0, 0.1) is 5.92 Å². The first-order valence-corrected chi connectivity index (χ1v) is 8.60. The van der Waals surface area contributed by atoms with Crippen LogP contribution < -0.4 is 0 Å². The van der Waals surface area contributed by atoms with E-state index in [-0.39, 0.29) is 5.54 Å². The highest BCUT2D eigenvalue weighted by Gasteiger charge is 2.38. The van der Waals surface area contributed by atoms with Crippen LogP contribution in [0.2, 0.25) is 0 Å². The van der Waals surface area contributed by atoms with Gasteiger partial charge in [-0.05, 0) is 56.1 Å². The van der Waals surface area contributed by atoms with E-state index in [9.17, 15) is 8.42 Å². The highest BCUT2D eigenvalue weighted by molar-refractivity contribution is 8.70. The van der Waals surface area contributed by atoms with E-state index < -0.39 is 9.06 Å². The smallest absolute Gasteiger partial charge is 0.200 e. The number of hydrogen-bond donors (Lipinski definition) is 0. The lowest BCUT2D eigenvalue weighted by molar-refractivity contribution is 0.218. The first-order chi connectivity index (χ1) is 6.83. The Balaban J connectivity index is 2.85. The molecule has 0 aliphatic heterocycles. The van der Waals surface area contributed by atoms with E-state index in [0.29, 0.717) is 12.5 Å². The van der Waals surface area contributed by atoms with Gasteiger partial charge in [-0.25, -0.2) is 8.42 Å². The van der Waals surface area contributed by atoms with Crippen molar-refractivity contribution in [2.24, 2.45) is 5.92 Å². The standard InChI is InChI=1S/C10H21NO2S2/c1-5-10(2,3)11(8-9-6-7-9)15(12,13)14-4/h9H,5-8H2,1-4H3. The summed E-state index contributed by atoms with van der Waals surface area (Å²) in [6, 6.07) is 0. The quantitative estimate of drug-likeness (QED) is 0.681. The van der Waals surface area contributed by atoms with Gasteiger partial charge in [-0.3, -0.25) is 0 Å². The summed E-state index contributed by atoms with van der Waals surface area (Å²) in [6.45, 7) is 6.74. The summed E-state index contributed by atoms with van der Waals surface area (Å²) in [6.07, 6.45) is 4.85. The molecule has 5 heteroatoms. The molecule has 0 aromatic carbocycles. The van der Waals surface area contributed by atoms with Crippen molar-refractivity contribution in [3.05, 3.63) is 0 Å². The summed E-state index contributed by atoms with van der Waals surface area (Å²) in [5, 5.41) is 0. The van der Waals surface area contributed by atoms with Crippen molar-refractivity contribution in [3.63, 3.8) is 0 Å². The van der Waals surface area contributed by atoms with Crippen LogP contribution in [-0.4, -0.2) is 31.1 Å². The van der Waals surface area contributed by atoms with E-state index in [4.69, 9.17) is 0 Å². The fourth-order valence-electron chi connectivity index (χ4n) is 1.44. The molecule has 0 saturated heterocycles. The molecule has 0 radical (unpaired) electrons. The van der Waals surface area contributed by atoms with Crippen LogP contribution in [0.1, 0.15) is 40.0 Å². The minimum atomic E-state index is -3.14. The lowest BCUT2D eigenvalue weighted by atomic mass is 10.0. The molecule has 0 aromatic heterocycles. The molecule has 0 bridgehead atoms. The van der Waals surface area contributed by atoms with Gasteiger partial charge in [0, 0.05) is 12.1 Å². The minimum Gasteiger partial charge on any atom is -0.200 e. The van der Waals surface area contributed by atoms with Crippen LogP contribution in [0.3, 0.4) is 0 Å². The second-order valence-electron chi connectivity index (χ2n) is 4.76. The van der Waals surface area contributed by atoms with E-state index >= 15 is 0 Å². The zero-order valence-corrected chi connectivity index (χ0v) is 11.6. The van der Waals surface area contributed by atoms with E-state index in [1.165, 1.54) is 12.8 Å². The predicted octanol–water partition coefficient (Wildman–Crippen LogP) is 2.49. The van der Waals surface area contributed by atoms with Crippen LogP contribution in [0.25, 0.3) is 0 Å². The van der Waals surface area contributed by atoms with Crippen LogP contribution in [0.15, 0.2) is 0 Å². The molecule has 0 aromatic rings. The summed E-state index contributed by atoms with van der Waals surface area (Å²) < 4.78 is 25.6. The van der Waals surface area contributed by atoms with Crippen molar-refractivity contribution in [2.75, 3.05) is 12.8 Å². The molecule has 0 unspecified atom stereocenters. The van der Waals surface area contributed by atoms with Crippen molar-refractivity contribution < 1.29 is 8.42 Å². The molecule has 0 amide bonds. The molecule has 1 aliphatic rings. The van der Waals surface area contributed by atoms with Gasteiger partial charge in [-0.15, -0.1) is 0 Å². The molecule has 3 nitrogen and oxygen atoms in total. The third-order valence-electron chi connectivity index (χ3n) is 3.14. The SMILES string of the molecule is CCC(C)(C)N(CC1CC1)S(=O)(=O)SC. The van der Waals surface area contributed by atoms with Crippen molar-refractivity contribution in [1.29, 1.82) is 0 Å². The number of nitrogens with zero attached hydrogens (tertiary/aromatic N) is 1. The average molecular weight is 251 g/mol. The van der Waals surface area contributed by atoms with E-state index in [1.54, 1.807) is 10.6 Å². The average Bonchev–Trinajstić information content (AvgIpc) is 2.97. The monoisotopic (exact) mass is 251 g/mol. The maximum Gasteiger partial charge on any atom is 0.267 e. The van der Waals surface area contributed by atoms with Crippen molar-refractivity contribution in [3.8, 4) is 0 Å². The molecular formula is C10H21NO2S2. The lowest BCUT2D eigenvalue weighted by Gasteiger charge is -2.36. The highest BCUT2D eigenvalue weighted by Crippen LogP contribution is 2.36. The van der Waals surface area contributed by atoms with E-state index in [0.717, 1.165) is 17.2 Å². The third kappa shape index (κ3) is 3.36. The molecule has 0 N–H and O–H groups in total. The maximum atomic E-state index is 12.0. The zero-order chi connectivity index (χ0) is 11.7.